The van der Waals surface area contributed by atoms with E-state index in [9.17, 15) is 9.59 Å². The van der Waals surface area contributed by atoms with Gasteiger partial charge in [0.15, 0.2) is 0 Å². The van der Waals surface area contributed by atoms with E-state index in [0.717, 1.165) is 9.47 Å². The van der Waals surface area contributed by atoms with Gasteiger partial charge in [0.25, 0.3) is 0 Å². The third-order valence-electron chi connectivity index (χ3n) is 1.62. The van der Waals surface area contributed by atoms with Crippen molar-refractivity contribution in [1.82, 2.24) is 0 Å². The van der Waals surface area contributed by atoms with Crippen LogP contribution in [0.2, 0.25) is 0 Å². The molecule has 0 aliphatic heterocycles. The van der Waals surface area contributed by atoms with Gasteiger partial charge in [-0.05, 0) is 28.4 Å². The summed E-state index contributed by atoms with van der Waals surface area (Å²) in [4.78, 5) is 21.5. The van der Waals surface area contributed by atoms with Crippen molar-refractivity contribution >= 4 is 44.1 Å². The van der Waals surface area contributed by atoms with Gasteiger partial charge in [-0.3, -0.25) is 9.59 Å². The molecule has 0 unspecified atom stereocenters. The molecule has 4 nitrogen and oxygen atoms in total. The topological polar surface area (TPSA) is 66.4 Å². The van der Waals surface area contributed by atoms with Crippen LogP contribution in [-0.4, -0.2) is 17.0 Å². The van der Waals surface area contributed by atoms with E-state index in [4.69, 9.17) is 5.11 Å². The molecule has 0 aromatic carbocycles. The zero-order chi connectivity index (χ0) is 11.3. The standard InChI is InChI=1S/C9H10BrNO3S/c10-6-4-8(15-5-6)11-7(12)2-1-3-9(13)14/h4-5H,1-3H2,(H,11,12)(H,13,14). The minimum Gasteiger partial charge on any atom is -0.481 e. The second-order valence-corrected chi connectivity index (χ2v) is 4.75. The number of hydrogen-bond acceptors (Lipinski definition) is 3. The van der Waals surface area contributed by atoms with Gasteiger partial charge in [-0.2, -0.15) is 0 Å². The van der Waals surface area contributed by atoms with E-state index in [2.05, 4.69) is 21.2 Å². The number of rotatable bonds is 5. The number of carboxylic acids is 1. The third-order valence-corrected chi connectivity index (χ3v) is 3.23. The van der Waals surface area contributed by atoms with Crippen LogP contribution in [0.3, 0.4) is 0 Å². The molecule has 1 aromatic heterocycles. The Labute approximate surface area is 99.4 Å². The van der Waals surface area contributed by atoms with E-state index in [0.29, 0.717) is 6.42 Å². The fourth-order valence-corrected chi connectivity index (χ4v) is 2.31. The van der Waals surface area contributed by atoms with Gasteiger partial charge in [0.05, 0.1) is 5.00 Å². The van der Waals surface area contributed by atoms with Crippen molar-refractivity contribution in [1.29, 1.82) is 0 Å². The van der Waals surface area contributed by atoms with Gasteiger partial charge >= 0.3 is 5.97 Å². The quantitative estimate of drug-likeness (QED) is 0.877. The predicted molar refractivity (Wildman–Crippen MR) is 62.1 cm³/mol. The van der Waals surface area contributed by atoms with Crippen molar-refractivity contribution in [2.75, 3.05) is 5.32 Å². The van der Waals surface area contributed by atoms with Gasteiger partial charge in [0.1, 0.15) is 0 Å². The summed E-state index contributed by atoms with van der Waals surface area (Å²) in [6.07, 6.45) is 0.636. The maximum Gasteiger partial charge on any atom is 0.303 e. The van der Waals surface area contributed by atoms with E-state index in [1.165, 1.54) is 11.3 Å². The Balaban J connectivity index is 2.27. The Morgan fingerprint density at radius 1 is 1.47 bits per heavy atom. The van der Waals surface area contributed by atoms with Crippen LogP contribution >= 0.6 is 27.3 Å². The fraction of sp³-hybridized carbons (Fsp3) is 0.333. The lowest BCUT2D eigenvalue weighted by atomic mass is 10.2. The molecule has 0 aliphatic rings. The maximum atomic E-state index is 11.3. The van der Waals surface area contributed by atoms with Crippen molar-refractivity contribution in [2.24, 2.45) is 0 Å². The number of carbonyl (C=O) groups is 2. The molecule has 0 spiro atoms. The van der Waals surface area contributed by atoms with Crippen molar-refractivity contribution in [3.63, 3.8) is 0 Å². The Hall–Kier alpha value is -0.880. The largest absolute Gasteiger partial charge is 0.481 e. The Kier molecular flexibility index (Phi) is 4.77. The Morgan fingerprint density at radius 2 is 2.20 bits per heavy atom. The number of halogens is 1. The molecule has 1 aromatic rings. The second-order valence-electron chi connectivity index (χ2n) is 2.92. The van der Waals surface area contributed by atoms with E-state index >= 15 is 0 Å². The van der Waals surface area contributed by atoms with Gasteiger partial charge < -0.3 is 10.4 Å². The summed E-state index contributed by atoms with van der Waals surface area (Å²) < 4.78 is 0.924. The summed E-state index contributed by atoms with van der Waals surface area (Å²) in [6.45, 7) is 0. The van der Waals surface area contributed by atoms with Crippen molar-refractivity contribution in [3.8, 4) is 0 Å². The van der Waals surface area contributed by atoms with Crippen molar-refractivity contribution in [3.05, 3.63) is 15.9 Å². The minimum absolute atomic E-state index is 0.0293. The first-order valence-corrected chi connectivity index (χ1v) is 6.01. The Morgan fingerprint density at radius 3 is 2.73 bits per heavy atom. The second kappa shape index (κ2) is 5.87. The molecule has 82 valence electrons. The third kappa shape index (κ3) is 4.94. The van der Waals surface area contributed by atoms with E-state index < -0.39 is 5.97 Å². The number of nitrogens with one attached hydrogen (secondary N) is 1. The van der Waals surface area contributed by atoms with Crippen LogP contribution in [0, 0.1) is 0 Å². The number of hydrogen-bond donors (Lipinski definition) is 2. The first kappa shape index (κ1) is 12.2. The molecule has 1 rings (SSSR count). The molecule has 0 saturated heterocycles. The van der Waals surface area contributed by atoms with Gasteiger partial charge in [-0.25, -0.2) is 0 Å². The number of aliphatic carboxylic acids is 1. The molecule has 0 bridgehead atoms. The molecule has 0 radical (unpaired) electrons. The summed E-state index contributed by atoms with van der Waals surface area (Å²) in [5, 5.41) is 13.7. The average Bonchev–Trinajstić information content (AvgIpc) is 2.50. The molecule has 1 heterocycles. The summed E-state index contributed by atoms with van der Waals surface area (Å²) in [6, 6.07) is 1.81. The number of carbonyl (C=O) groups excluding carboxylic acids is 1. The first-order valence-electron chi connectivity index (χ1n) is 4.33. The van der Waals surface area contributed by atoms with E-state index in [1.807, 2.05) is 5.38 Å². The summed E-state index contributed by atoms with van der Waals surface area (Å²) >= 11 is 4.70. The molecule has 2 N–H and O–H groups in total. The smallest absolute Gasteiger partial charge is 0.303 e. The molecular weight excluding hydrogens is 282 g/mol. The highest BCUT2D eigenvalue weighted by Gasteiger charge is 2.05. The fourth-order valence-electron chi connectivity index (χ4n) is 0.979. The SMILES string of the molecule is O=C(O)CCCC(=O)Nc1cc(Br)cs1. The zero-order valence-electron chi connectivity index (χ0n) is 7.83. The lowest BCUT2D eigenvalue weighted by Crippen LogP contribution is -2.10. The highest BCUT2D eigenvalue weighted by atomic mass is 79.9. The van der Waals surface area contributed by atoms with Crippen LogP contribution in [-0.2, 0) is 9.59 Å². The minimum atomic E-state index is -0.873. The lowest BCUT2D eigenvalue weighted by Gasteiger charge is -2.00. The van der Waals surface area contributed by atoms with Crippen LogP contribution in [0.15, 0.2) is 15.9 Å². The molecule has 15 heavy (non-hydrogen) atoms. The van der Waals surface area contributed by atoms with E-state index in [1.54, 1.807) is 6.07 Å². The number of thiophene rings is 1. The van der Waals surface area contributed by atoms with Crippen LogP contribution < -0.4 is 5.32 Å². The Bertz CT molecular complexity index is 364. The van der Waals surface area contributed by atoms with Crippen molar-refractivity contribution < 1.29 is 14.7 Å². The molecule has 0 atom stereocenters. The van der Waals surface area contributed by atoms with Gasteiger partial charge in [-0.1, -0.05) is 0 Å². The monoisotopic (exact) mass is 291 g/mol. The zero-order valence-corrected chi connectivity index (χ0v) is 10.2. The summed E-state index contributed by atoms with van der Waals surface area (Å²) in [7, 11) is 0. The summed E-state index contributed by atoms with van der Waals surface area (Å²) in [5.41, 5.74) is 0. The first-order chi connectivity index (χ1) is 7.08. The molecule has 1 amide bonds. The van der Waals surface area contributed by atoms with Gasteiger partial charge in [0, 0.05) is 22.7 Å². The van der Waals surface area contributed by atoms with Crippen LogP contribution in [0.5, 0.6) is 0 Å². The molecular formula is C9H10BrNO3S. The number of amides is 1. The normalized spacial score (nSPS) is 9.93. The van der Waals surface area contributed by atoms with E-state index in [-0.39, 0.29) is 18.7 Å². The molecule has 0 aliphatic carbocycles. The maximum absolute atomic E-state index is 11.3. The number of anilines is 1. The summed E-state index contributed by atoms with van der Waals surface area (Å²) in [5.74, 6) is -1.02. The van der Waals surface area contributed by atoms with Crippen molar-refractivity contribution in [2.45, 2.75) is 19.3 Å². The highest BCUT2D eigenvalue weighted by molar-refractivity contribution is 9.10. The lowest BCUT2D eigenvalue weighted by molar-refractivity contribution is -0.137. The predicted octanol–water partition coefficient (Wildman–Crippen LogP) is 2.70. The molecule has 0 saturated carbocycles. The highest BCUT2D eigenvalue weighted by Crippen LogP contribution is 2.24. The average molecular weight is 292 g/mol. The molecule has 6 heteroatoms. The van der Waals surface area contributed by atoms with Crippen LogP contribution in [0.4, 0.5) is 5.00 Å². The van der Waals surface area contributed by atoms with Crippen LogP contribution in [0.1, 0.15) is 19.3 Å². The van der Waals surface area contributed by atoms with Gasteiger partial charge in [-0.15, -0.1) is 11.3 Å². The number of carboxylic acid groups (broad SMARTS) is 1. The molecule has 0 fully saturated rings. The van der Waals surface area contributed by atoms with Crippen LogP contribution in [0.25, 0.3) is 0 Å². The van der Waals surface area contributed by atoms with Gasteiger partial charge in [0.2, 0.25) is 5.91 Å².